The van der Waals surface area contributed by atoms with E-state index in [0.29, 0.717) is 10.5 Å². The van der Waals surface area contributed by atoms with Crippen LogP contribution in [0.2, 0.25) is 0 Å². The van der Waals surface area contributed by atoms with Crippen LogP contribution in [-0.4, -0.2) is 27.1 Å². The van der Waals surface area contributed by atoms with Crippen molar-refractivity contribution in [1.29, 1.82) is 0 Å². The van der Waals surface area contributed by atoms with Crippen molar-refractivity contribution in [2.24, 2.45) is 0 Å². The fourth-order valence-corrected chi connectivity index (χ4v) is 2.55. The predicted octanol–water partition coefficient (Wildman–Crippen LogP) is 1.94. The summed E-state index contributed by atoms with van der Waals surface area (Å²) in [5.41, 5.74) is 0.698. The number of carbonyl (C=O) groups is 2. The first-order chi connectivity index (χ1) is 8.08. The van der Waals surface area contributed by atoms with Gasteiger partial charge in [-0.05, 0) is 12.1 Å². The molecule has 5 nitrogen and oxygen atoms in total. The van der Waals surface area contributed by atoms with Crippen molar-refractivity contribution >= 4 is 33.5 Å². The third-order valence-corrected chi connectivity index (χ3v) is 3.44. The van der Waals surface area contributed by atoms with Crippen LogP contribution in [0.25, 0.3) is 10.2 Å². The summed E-state index contributed by atoms with van der Waals surface area (Å²) in [6, 6.07) is 7.24. The van der Waals surface area contributed by atoms with Crippen LogP contribution in [0.15, 0.2) is 24.3 Å². The smallest absolute Gasteiger partial charge is 0.314 e. The average molecular weight is 251 g/mol. The lowest BCUT2D eigenvalue weighted by atomic mass is 10.1. The Kier molecular flexibility index (Phi) is 3.06. The lowest BCUT2D eigenvalue weighted by Crippen LogP contribution is -2.15. The Morgan fingerprint density at radius 3 is 2.59 bits per heavy atom. The van der Waals surface area contributed by atoms with Gasteiger partial charge in [0.1, 0.15) is 10.9 Å². The molecule has 0 amide bonds. The molecule has 0 saturated heterocycles. The van der Waals surface area contributed by atoms with Gasteiger partial charge >= 0.3 is 11.9 Å². The third kappa shape index (κ3) is 2.42. The Morgan fingerprint density at radius 2 is 2.00 bits per heavy atom. The van der Waals surface area contributed by atoms with E-state index in [1.165, 1.54) is 11.3 Å². The van der Waals surface area contributed by atoms with Crippen molar-refractivity contribution in [3.8, 4) is 0 Å². The summed E-state index contributed by atoms with van der Waals surface area (Å²) in [6.07, 6.45) is -0.449. The van der Waals surface area contributed by atoms with E-state index in [4.69, 9.17) is 10.2 Å². The van der Waals surface area contributed by atoms with E-state index in [0.717, 1.165) is 4.70 Å². The van der Waals surface area contributed by atoms with Crippen LogP contribution < -0.4 is 0 Å². The molecule has 88 valence electrons. The van der Waals surface area contributed by atoms with Crippen LogP contribution in [0.4, 0.5) is 0 Å². The minimum absolute atomic E-state index is 0.334. The first-order valence-corrected chi connectivity index (χ1v) is 5.69. The van der Waals surface area contributed by atoms with Crippen LogP contribution in [-0.2, 0) is 9.59 Å². The number of fused-ring (bicyclic) bond motifs is 1. The Labute approximate surface area is 100 Å². The van der Waals surface area contributed by atoms with Gasteiger partial charge in [-0.15, -0.1) is 11.3 Å². The number of aromatic nitrogens is 1. The standard InChI is InChI=1S/C11H9NO4S/c13-9(14)5-6(11(15)16)10-12-7-3-1-2-4-8(7)17-10/h1-4,6H,5H2,(H,13,14)(H,15,16). The van der Waals surface area contributed by atoms with Gasteiger partial charge in [0.15, 0.2) is 0 Å². The van der Waals surface area contributed by atoms with Crippen molar-refractivity contribution in [1.82, 2.24) is 4.98 Å². The SMILES string of the molecule is O=C(O)CC(C(=O)O)c1nc2ccccc2s1. The summed E-state index contributed by atoms with van der Waals surface area (Å²) in [5, 5.41) is 18.0. The monoisotopic (exact) mass is 251 g/mol. The van der Waals surface area contributed by atoms with Gasteiger partial charge in [-0.1, -0.05) is 12.1 Å². The van der Waals surface area contributed by atoms with E-state index in [1.54, 1.807) is 12.1 Å². The molecule has 0 aliphatic rings. The van der Waals surface area contributed by atoms with Crippen molar-refractivity contribution in [3.05, 3.63) is 29.3 Å². The largest absolute Gasteiger partial charge is 0.481 e. The van der Waals surface area contributed by atoms with Crippen molar-refractivity contribution in [2.45, 2.75) is 12.3 Å². The van der Waals surface area contributed by atoms with Gasteiger partial charge in [0.25, 0.3) is 0 Å². The quantitative estimate of drug-likeness (QED) is 0.867. The minimum Gasteiger partial charge on any atom is -0.481 e. The zero-order valence-corrected chi connectivity index (χ0v) is 9.48. The number of thiazole rings is 1. The number of carboxylic acid groups (broad SMARTS) is 2. The zero-order chi connectivity index (χ0) is 12.4. The average Bonchev–Trinajstić information content (AvgIpc) is 2.68. The van der Waals surface area contributed by atoms with Gasteiger partial charge in [-0.3, -0.25) is 9.59 Å². The molecular weight excluding hydrogens is 242 g/mol. The first kappa shape index (κ1) is 11.5. The normalized spacial score (nSPS) is 12.5. The molecule has 1 heterocycles. The lowest BCUT2D eigenvalue weighted by molar-refractivity contribution is -0.145. The highest BCUT2D eigenvalue weighted by molar-refractivity contribution is 7.18. The van der Waals surface area contributed by atoms with E-state index in [9.17, 15) is 9.59 Å². The Bertz CT molecular complexity index is 545. The number of nitrogens with zero attached hydrogens (tertiary/aromatic N) is 1. The van der Waals surface area contributed by atoms with E-state index in [2.05, 4.69) is 4.98 Å². The molecule has 2 aromatic rings. The highest BCUT2D eigenvalue weighted by Gasteiger charge is 2.26. The highest BCUT2D eigenvalue weighted by atomic mass is 32.1. The van der Waals surface area contributed by atoms with E-state index >= 15 is 0 Å². The fraction of sp³-hybridized carbons (Fsp3) is 0.182. The Morgan fingerprint density at radius 1 is 1.29 bits per heavy atom. The Balaban J connectivity index is 2.41. The van der Waals surface area contributed by atoms with Gasteiger partial charge in [0.2, 0.25) is 0 Å². The molecule has 0 spiro atoms. The second-order valence-electron chi connectivity index (χ2n) is 3.51. The molecule has 0 radical (unpaired) electrons. The highest BCUT2D eigenvalue weighted by Crippen LogP contribution is 2.29. The van der Waals surface area contributed by atoms with Crippen molar-refractivity contribution in [3.63, 3.8) is 0 Å². The second-order valence-corrected chi connectivity index (χ2v) is 4.57. The van der Waals surface area contributed by atoms with Gasteiger partial charge in [0, 0.05) is 0 Å². The second kappa shape index (κ2) is 4.50. The van der Waals surface area contributed by atoms with Crippen LogP contribution in [0.1, 0.15) is 17.3 Å². The van der Waals surface area contributed by atoms with Crippen LogP contribution in [0, 0.1) is 0 Å². The van der Waals surface area contributed by atoms with Gasteiger partial charge in [-0.2, -0.15) is 0 Å². The molecule has 0 fully saturated rings. The van der Waals surface area contributed by atoms with Gasteiger partial charge in [-0.25, -0.2) is 4.98 Å². The summed E-state index contributed by atoms with van der Waals surface area (Å²) >= 11 is 1.22. The molecule has 0 aliphatic carbocycles. The zero-order valence-electron chi connectivity index (χ0n) is 8.66. The summed E-state index contributed by atoms with van der Waals surface area (Å²) in [7, 11) is 0. The first-order valence-electron chi connectivity index (χ1n) is 4.88. The molecule has 6 heteroatoms. The van der Waals surface area contributed by atoms with Gasteiger partial charge in [0.05, 0.1) is 16.6 Å². The molecule has 0 saturated carbocycles. The van der Waals surface area contributed by atoms with Crippen LogP contribution in [0.5, 0.6) is 0 Å². The molecule has 2 rings (SSSR count). The number of benzene rings is 1. The topological polar surface area (TPSA) is 87.5 Å². The lowest BCUT2D eigenvalue weighted by Gasteiger charge is -2.04. The molecule has 1 aromatic heterocycles. The van der Waals surface area contributed by atoms with E-state index in [1.807, 2.05) is 12.1 Å². The van der Waals surface area contributed by atoms with Crippen molar-refractivity contribution in [2.75, 3.05) is 0 Å². The van der Waals surface area contributed by atoms with Crippen molar-refractivity contribution < 1.29 is 19.8 Å². The van der Waals surface area contributed by atoms with Crippen LogP contribution in [0.3, 0.4) is 0 Å². The number of aliphatic carboxylic acids is 2. The maximum atomic E-state index is 11.0. The van der Waals surface area contributed by atoms with E-state index < -0.39 is 24.3 Å². The number of hydrogen-bond acceptors (Lipinski definition) is 4. The molecule has 2 N–H and O–H groups in total. The Hall–Kier alpha value is -1.95. The maximum absolute atomic E-state index is 11.0. The third-order valence-electron chi connectivity index (χ3n) is 2.29. The minimum atomic E-state index is -1.16. The molecule has 1 atom stereocenters. The number of carboxylic acids is 2. The summed E-state index contributed by atoms with van der Waals surface area (Å²) in [6.45, 7) is 0. The number of hydrogen-bond donors (Lipinski definition) is 2. The number of rotatable bonds is 4. The van der Waals surface area contributed by atoms with Crippen LogP contribution >= 0.6 is 11.3 Å². The summed E-state index contributed by atoms with van der Waals surface area (Å²) in [4.78, 5) is 25.8. The molecule has 0 bridgehead atoms. The summed E-state index contributed by atoms with van der Waals surface area (Å²) < 4.78 is 0.860. The molecule has 0 aliphatic heterocycles. The number of para-hydroxylation sites is 1. The molecule has 17 heavy (non-hydrogen) atoms. The predicted molar refractivity (Wildman–Crippen MR) is 62.2 cm³/mol. The maximum Gasteiger partial charge on any atom is 0.314 e. The molecular formula is C11H9NO4S. The van der Waals surface area contributed by atoms with Gasteiger partial charge < -0.3 is 10.2 Å². The fourth-order valence-electron chi connectivity index (χ4n) is 1.49. The molecule has 1 unspecified atom stereocenters. The summed E-state index contributed by atoms with van der Waals surface area (Å²) in [5.74, 6) is -3.38. The molecule has 1 aromatic carbocycles. The van der Waals surface area contributed by atoms with E-state index in [-0.39, 0.29) is 0 Å².